The summed E-state index contributed by atoms with van der Waals surface area (Å²) in [5.41, 5.74) is 1.07. The molecule has 5 rings (SSSR count). The molecule has 0 aliphatic carbocycles. The smallest absolute Gasteiger partial charge is 0.244 e. The highest BCUT2D eigenvalue weighted by Crippen LogP contribution is 2.37. The second-order valence-electron chi connectivity index (χ2n) is 9.01. The average Bonchev–Trinajstić information content (AvgIpc) is 3.34. The van der Waals surface area contributed by atoms with Crippen molar-refractivity contribution >= 4 is 27.4 Å². The Kier molecular flexibility index (Phi) is 6.96. The number of nitrogens with zero attached hydrogens (tertiary/aromatic N) is 3. The number of aromatic nitrogens is 1. The molecule has 3 heterocycles. The van der Waals surface area contributed by atoms with Crippen LogP contribution in [0.1, 0.15) is 18.4 Å². The maximum Gasteiger partial charge on any atom is 0.244 e. The van der Waals surface area contributed by atoms with Gasteiger partial charge in [-0.2, -0.15) is 0 Å². The van der Waals surface area contributed by atoms with E-state index in [4.69, 9.17) is 25.8 Å². The van der Waals surface area contributed by atoms with Crippen molar-refractivity contribution in [1.82, 2.24) is 9.29 Å². The Morgan fingerprint density at radius 3 is 2.50 bits per heavy atom. The number of hydrogen-bond donors (Lipinski definition) is 0. The van der Waals surface area contributed by atoms with Gasteiger partial charge in [-0.1, -0.05) is 11.6 Å². The highest BCUT2D eigenvalue weighted by Gasteiger charge is 2.27. The van der Waals surface area contributed by atoms with Crippen molar-refractivity contribution < 1.29 is 22.6 Å². The van der Waals surface area contributed by atoms with Crippen molar-refractivity contribution in [1.29, 1.82) is 0 Å². The third kappa shape index (κ3) is 5.23. The SMILES string of the molecule is CN(C)S(=O)(=O)c1cnc(N2CCC(Oc3ccc(Cl)cc3)CC2)c(Oc2ccc3c(c2)CCO3)c1. The number of benzene rings is 2. The van der Waals surface area contributed by atoms with E-state index in [0.717, 1.165) is 36.3 Å². The fourth-order valence-electron chi connectivity index (χ4n) is 4.33. The van der Waals surface area contributed by atoms with Crippen LogP contribution in [-0.2, 0) is 16.4 Å². The highest BCUT2D eigenvalue weighted by molar-refractivity contribution is 7.89. The van der Waals surface area contributed by atoms with Gasteiger partial charge in [0.1, 0.15) is 28.2 Å². The van der Waals surface area contributed by atoms with E-state index in [1.54, 1.807) is 6.07 Å². The van der Waals surface area contributed by atoms with Gasteiger partial charge in [-0.05, 0) is 42.5 Å². The van der Waals surface area contributed by atoms with Gasteiger partial charge in [0, 0.05) is 69.3 Å². The molecule has 0 radical (unpaired) electrons. The van der Waals surface area contributed by atoms with Crippen molar-refractivity contribution in [2.45, 2.75) is 30.3 Å². The van der Waals surface area contributed by atoms with E-state index >= 15 is 0 Å². The van der Waals surface area contributed by atoms with Gasteiger partial charge in [0.15, 0.2) is 11.6 Å². The minimum atomic E-state index is -3.67. The van der Waals surface area contributed by atoms with Crippen LogP contribution < -0.4 is 19.1 Å². The number of rotatable bonds is 7. The molecule has 190 valence electrons. The Bertz CT molecular complexity index is 1340. The first-order valence-corrected chi connectivity index (χ1v) is 13.6. The number of fused-ring (bicyclic) bond motifs is 1. The Balaban J connectivity index is 1.38. The molecule has 1 aromatic heterocycles. The van der Waals surface area contributed by atoms with Crippen LogP contribution in [0, 0.1) is 0 Å². The molecule has 0 amide bonds. The van der Waals surface area contributed by atoms with E-state index in [2.05, 4.69) is 9.88 Å². The van der Waals surface area contributed by atoms with Crippen molar-refractivity contribution in [2.75, 3.05) is 38.7 Å². The number of piperidine rings is 1. The van der Waals surface area contributed by atoms with Gasteiger partial charge in [0.25, 0.3) is 0 Å². The topological polar surface area (TPSA) is 81.2 Å². The standard InChI is InChI=1S/C26H28ClN3O5S/c1-29(2)36(31,32)23-16-25(35-22-7-8-24-18(15-22)11-14-33-24)26(28-17-23)30-12-9-21(10-13-30)34-20-5-3-19(27)4-6-20/h3-8,15-17,21H,9-14H2,1-2H3. The molecule has 2 aromatic carbocycles. The molecule has 3 aromatic rings. The first-order valence-electron chi connectivity index (χ1n) is 11.8. The van der Waals surface area contributed by atoms with Crippen LogP contribution in [0.2, 0.25) is 5.02 Å². The fourth-order valence-corrected chi connectivity index (χ4v) is 5.32. The Hall–Kier alpha value is -3.01. The Morgan fingerprint density at radius 2 is 1.78 bits per heavy atom. The number of anilines is 1. The minimum Gasteiger partial charge on any atom is -0.493 e. The lowest BCUT2D eigenvalue weighted by atomic mass is 10.1. The van der Waals surface area contributed by atoms with E-state index in [0.29, 0.717) is 42.0 Å². The van der Waals surface area contributed by atoms with Gasteiger partial charge >= 0.3 is 0 Å². The second-order valence-corrected chi connectivity index (χ2v) is 11.6. The Morgan fingerprint density at radius 1 is 1.06 bits per heavy atom. The predicted octanol–water partition coefficient (Wildman–Crippen LogP) is 4.76. The third-order valence-corrected chi connectivity index (χ3v) is 8.37. The van der Waals surface area contributed by atoms with Crippen LogP contribution in [0.15, 0.2) is 59.6 Å². The fraction of sp³-hybridized carbons (Fsp3) is 0.346. The lowest BCUT2D eigenvalue weighted by Crippen LogP contribution is -2.39. The van der Waals surface area contributed by atoms with Gasteiger partial charge in [-0.3, -0.25) is 0 Å². The van der Waals surface area contributed by atoms with E-state index < -0.39 is 10.0 Å². The zero-order chi connectivity index (χ0) is 25.3. The highest BCUT2D eigenvalue weighted by atomic mass is 35.5. The van der Waals surface area contributed by atoms with Crippen molar-refractivity contribution in [3.05, 3.63) is 65.3 Å². The van der Waals surface area contributed by atoms with Crippen LogP contribution in [0.3, 0.4) is 0 Å². The summed E-state index contributed by atoms with van der Waals surface area (Å²) in [5.74, 6) is 3.26. The van der Waals surface area contributed by atoms with Gasteiger partial charge in [0.05, 0.1) is 6.61 Å². The second kappa shape index (κ2) is 10.2. The lowest BCUT2D eigenvalue weighted by molar-refractivity contribution is 0.170. The molecule has 1 saturated heterocycles. The quantitative estimate of drug-likeness (QED) is 0.436. The first-order chi connectivity index (χ1) is 17.3. The summed E-state index contributed by atoms with van der Waals surface area (Å²) in [6.45, 7) is 2.04. The van der Waals surface area contributed by atoms with Crippen LogP contribution in [0.5, 0.6) is 23.0 Å². The Labute approximate surface area is 216 Å². The third-order valence-electron chi connectivity index (χ3n) is 6.33. The minimum absolute atomic E-state index is 0.0666. The summed E-state index contributed by atoms with van der Waals surface area (Å²) in [4.78, 5) is 6.74. The molecule has 0 unspecified atom stereocenters. The average molecular weight is 530 g/mol. The lowest BCUT2D eigenvalue weighted by Gasteiger charge is -2.33. The van der Waals surface area contributed by atoms with E-state index in [-0.39, 0.29) is 11.0 Å². The maximum absolute atomic E-state index is 12.8. The molecular weight excluding hydrogens is 502 g/mol. The van der Waals surface area contributed by atoms with Gasteiger partial charge in [0.2, 0.25) is 10.0 Å². The van der Waals surface area contributed by atoms with Crippen LogP contribution >= 0.6 is 11.6 Å². The van der Waals surface area contributed by atoms with Crippen molar-refractivity contribution in [2.24, 2.45) is 0 Å². The molecule has 2 aliphatic rings. The van der Waals surface area contributed by atoms with Crippen LogP contribution in [0.4, 0.5) is 5.82 Å². The zero-order valence-electron chi connectivity index (χ0n) is 20.2. The van der Waals surface area contributed by atoms with Crippen molar-refractivity contribution in [3.8, 4) is 23.0 Å². The van der Waals surface area contributed by atoms with Crippen LogP contribution in [0.25, 0.3) is 0 Å². The largest absolute Gasteiger partial charge is 0.493 e. The number of ether oxygens (including phenoxy) is 3. The molecule has 1 fully saturated rings. The van der Waals surface area contributed by atoms with Gasteiger partial charge in [-0.25, -0.2) is 17.7 Å². The molecule has 0 saturated carbocycles. The molecule has 0 atom stereocenters. The summed E-state index contributed by atoms with van der Waals surface area (Å²) in [6.07, 6.45) is 3.85. The van der Waals surface area contributed by atoms with Crippen LogP contribution in [-0.4, -0.2) is 57.6 Å². The summed E-state index contributed by atoms with van der Waals surface area (Å²) in [6, 6.07) is 14.6. The molecule has 36 heavy (non-hydrogen) atoms. The van der Waals surface area contributed by atoms with Gasteiger partial charge in [-0.15, -0.1) is 0 Å². The summed E-state index contributed by atoms with van der Waals surface area (Å²) in [5, 5.41) is 0.673. The molecule has 0 N–H and O–H groups in total. The summed E-state index contributed by atoms with van der Waals surface area (Å²) < 4.78 is 44.7. The van der Waals surface area contributed by atoms with Crippen molar-refractivity contribution in [3.63, 3.8) is 0 Å². The maximum atomic E-state index is 12.8. The molecule has 10 heteroatoms. The molecular formula is C26H28ClN3O5S. The molecule has 0 spiro atoms. The number of sulfonamides is 1. The predicted molar refractivity (Wildman–Crippen MR) is 138 cm³/mol. The summed E-state index contributed by atoms with van der Waals surface area (Å²) in [7, 11) is -0.681. The molecule has 2 aliphatic heterocycles. The molecule has 8 nitrogen and oxygen atoms in total. The van der Waals surface area contributed by atoms with E-state index in [1.165, 1.54) is 24.6 Å². The number of pyridine rings is 1. The molecule has 0 bridgehead atoms. The van der Waals surface area contributed by atoms with Gasteiger partial charge < -0.3 is 19.1 Å². The number of halogens is 1. The zero-order valence-corrected chi connectivity index (χ0v) is 21.8. The van der Waals surface area contributed by atoms with E-state index in [9.17, 15) is 8.42 Å². The normalized spacial score (nSPS) is 16.1. The first kappa shape index (κ1) is 24.7. The monoisotopic (exact) mass is 529 g/mol. The van der Waals surface area contributed by atoms with E-state index in [1.807, 2.05) is 42.5 Å². The summed E-state index contributed by atoms with van der Waals surface area (Å²) >= 11 is 5.97. The number of hydrogen-bond acceptors (Lipinski definition) is 7.